The molecule has 0 bridgehead atoms. The van der Waals surface area contributed by atoms with E-state index in [0.29, 0.717) is 6.07 Å². The summed E-state index contributed by atoms with van der Waals surface area (Å²) in [6.45, 7) is 2.31. The van der Waals surface area contributed by atoms with Gasteiger partial charge in [-0.25, -0.2) is 8.78 Å². The van der Waals surface area contributed by atoms with E-state index >= 15 is 0 Å². The molecule has 0 heterocycles. The van der Waals surface area contributed by atoms with Crippen molar-refractivity contribution in [2.75, 3.05) is 0 Å². The first-order chi connectivity index (χ1) is 9.19. The zero-order chi connectivity index (χ0) is 15.5. The van der Waals surface area contributed by atoms with Gasteiger partial charge in [0.2, 0.25) is 0 Å². The molecule has 0 aromatic heterocycles. The Bertz CT molecular complexity index is 538. The molecule has 6 nitrogen and oxygen atoms in total. The van der Waals surface area contributed by atoms with Crippen molar-refractivity contribution in [2.45, 2.75) is 32.3 Å². The van der Waals surface area contributed by atoms with Gasteiger partial charge >= 0.3 is 29.6 Å². The van der Waals surface area contributed by atoms with Gasteiger partial charge in [-0.1, -0.05) is 6.92 Å². The maximum atomic E-state index is 13.8. The summed E-state index contributed by atoms with van der Waals surface area (Å²) in [4.78, 5) is 20.4. The average molecular weight is 311 g/mol. The zero-order valence-corrected chi connectivity index (χ0v) is 13.8. The molecule has 0 aliphatic rings. The van der Waals surface area contributed by atoms with E-state index in [1.165, 1.54) is 6.92 Å². The van der Waals surface area contributed by atoms with Crippen LogP contribution in [0, 0.1) is 10.1 Å². The number of rotatable bonds is 6. The molecule has 0 saturated heterocycles. The largest absolute Gasteiger partial charge is 1.00 e. The quantitative estimate of drug-likeness (QED) is 0.367. The van der Waals surface area contributed by atoms with Crippen LogP contribution in [0.5, 0.6) is 5.75 Å². The SMILES string of the molecule is CCC(F)(F)c1cc([N+](=O)[O-])ccc1O[C@@H](C)C(=O)[O-].[Na+]. The van der Waals surface area contributed by atoms with Gasteiger partial charge in [0.05, 0.1) is 16.5 Å². The molecule has 0 aliphatic carbocycles. The number of nitro benzene ring substituents is 1. The second-order valence-electron chi connectivity index (χ2n) is 4.07. The molecule has 1 aromatic carbocycles. The predicted octanol–water partition coefficient (Wildman–Crippen LogP) is -1.38. The van der Waals surface area contributed by atoms with Crippen molar-refractivity contribution < 1.29 is 57.9 Å². The van der Waals surface area contributed by atoms with E-state index in [4.69, 9.17) is 4.74 Å². The van der Waals surface area contributed by atoms with E-state index in [0.717, 1.165) is 19.1 Å². The maximum Gasteiger partial charge on any atom is 1.00 e. The molecule has 0 aliphatic heterocycles. The number of nitro groups is 1. The van der Waals surface area contributed by atoms with Crippen molar-refractivity contribution in [2.24, 2.45) is 0 Å². The number of ether oxygens (including phenoxy) is 1. The van der Waals surface area contributed by atoms with Crippen molar-refractivity contribution >= 4 is 11.7 Å². The van der Waals surface area contributed by atoms with Crippen molar-refractivity contribution in [1.29, 1.82) is 0 Å². The van der Waals surface area contributed by atoms with Crippen molar-refractivity contribution in [1.82, 2.24) is 0 Å². The summed E-state index contributed by atoms with van der Waals surface area (Å²) in [5, 5.41) is 21.2. The van der Waals surface area contributed by atoms with Crippen molar-refractivity contribution in [3.05, 3.63) is 33.9 Å². The minimum Gasteiger partial charge on any atom is -0.546 e. The second-order valence-corrected chi connectivity index (χ2v) is 4.07. The normalized spacial score (nSPS) is 12.2. The fourth-order valence-corrected chi connectivity index (χ4v) is 1.45. The maximum absolute atomic E-state index is 13.8. The number of carbonyl (C=O) groups excluding carboxylic acids is 1. The first kappa shape index (κ1) is 19.8. The van der Waals surface area contributed by atoms with E-state index < -0.39 is 46.3 Å². The molecule has 0 unspecified atom stereocenters. The van der Waals surface area contributed by atoms with Gasteiger partial charge in [-0.3, -0.25) is 10.1 Å². The summed E-state index contributed by atoms with van der Waals surface area (Å²) in [6.07, 6.45) is -2.06. The second kappa shape index (κ2) is 7.67. The van der Waals surface area contributed by atoms with Crippen LogP contribution in [-0.4, -0.2) is 17.0 Å². The summed E-state index contributed by atoms with van der Waals surface area (Å²) >= 11 is 0. The van der Waals surface area contributed by atoms with Crippen molar-refractivity contribution in [3.8, 4) is 5.75 Å². The fourth-order valence-electron chi connectivity index (χ4n) is 1.45. The van der Waals surface area contributed by atoms with Crippen LogP contribution in [-0.2, 0) is 10.7 Å². The molecule has 1 aromatic rings. The van der Waals surface area contributed by atoms with Crippen LogP contribution in [0.2, 0.25) is 0 Å². The first-order valence-electron chi connectivity index (χ1n) is 5.73. The first-order valence-corrected chi connectivity index (χ1v) is 5.73. The molecule has 0 spiro atoms. The monoisotopic (exact) mass is 311 g/mol. The molecule has 0 radical (unpaired) electrons. The Morgan fingerprint density at radius 3 is 2.48 bits per heavy atom. The van der Waals surface area contributed by atoms with E-state index in [1.54, 1.807) is 0 Å². The van der Waals surface area contributed by atoms with Crippen LogP contribution in [0.15, 0.2) is 18.2 Å². The van der Waals surface area contributed by atoms with Gasteiger partial charge in [-0.15, -0.1) is 0 Å². The number of nitrogens with zero attached hydrogens (tertiary/aromatic N) is 1. The summed E-state index contributed by atoms with van der Waals surface area (Å²) in [7, 11) is 0. The summed E-state index contributed by atoms with van der Waals surface area (Å²) in [5.74, 6) is -5.36. The molecular formula is C12H12F2NNaO5. The summed E-state index contributed by atoms with van der Waals surface area (Å²) < 4.78 is 32.4. The van der Waals surface area contributed by atoms with E-state index in [2.05, 4.69) is 0 Å². The fraction of sp³-hybridized carbons (Fsp3) is 0.417. The number of hydrogen-bond donors (Lipinski definition) is 0. The van der Waals surface area contributed by atoms with Crippen LogP contribution in [0.3, 0.4) is 0 Å². The van der Waals surface area contributed by atoms with Gasteiger partial charge in [0, 0.05) is 18.6 Å². The average Bonchev–Trinajstić information content (AvgIpc) is 2.38. The number of alkyl halides is 2. The molecule has 9 heteroatoms. The molecule has 1 atom stereocenters. The molecule has 0 fully saturated rings. The van der Waals surface area contributed by atoms with Gasteiger partial charge < -0.3 is 14.6 Å². The number of non-ortho nitro benzene ring substituents is 1. The minimum absolute atomic E-state index is 0. The third kappa shape index (κ3) is 4.90. The molecule has 1 rings (SSSR count). The smallest absolute Gasteiger partial charge is 0.546 e. The van der Waals surface area contributed by atoms with Crippen molar-refractivity contribution in [3.63, 3.8) is 0 Å². The number of halogens is 2. The van der Waals surface area contributed by atoms with Gasteiger partial charge in [-0.05, 0) is 13.0 Å². The van der Waals surface area contributed by atoms with E-state index in [9.17, 15) is 28.8 Å². The Morgan fingerprint density at radius 1 is 1.48 bits per heavy atom. The zero-order valence-electron chi connectivity index (χ0n) is 11.8. The minimum atomic E-state index is -3.37. The third-order valence-corrected chi connectivity index (χ3v) is 2.65. The molecular weight excluding hydrogens is 299 g/mol. The molecule has 110 valence electrons. The van der Waals surface area contributed by atoms with Crippen LogP contribution in [0.1, 0.15) is 25.8 Å². The Labute approximate surface area is 141 Å². The number of carbonyl (C=O) groups is 1. The Hall–Kier alpha value is -1.25. The molecule has 0 saturated carbocycles. The van der Waals surface area contributed by atoms with Crippen LogP contribution >= 0.6 is 0 Å². The topological polar surface area (TPSA) is 92.5 Å². The standard InChI is InChI=1S/C12H13F2NO5.Na/c1-3-12(13,14)9-6-8(15(18)19)4-5-10(9)20-7(2)11(16)17;/h4-7H,3H2,1-2H3,(H,16,17);/q;+1/p-1/t7-;/m0./s1. The van der Waals surface area contributed by atoms with Gasteiger partial charge in [-0.2, -0.15) is 0 Å². The van der Waals surface area contributed by atoms with Crippen LogP contribution in [0.4, 0.5) is 14.5 Å². The van der Waals surface area contributed by atoms with Gasteiger partial charge in [0.1, 0.15) is 11.9 Å². The van der Waals surface area contributed by atoms with Gasteiger partial charge in [0.25, 0.3) is 11.6 Å². The number of benzene rings is 1. The predicted molar refractivity (Wildman–Crippen MR) is 62.4 cm³/mol. The number of hydrogen-bond acceptors (Lipinski definition) is 5. The van der Waals surface area contributed by atoms with Gasteiger partial charge in [0.15, 0.2) is 0 Å². The number of aliphatic carboxylic acids is 1. The Morgan fingerprint density at radius 2 is 2.05 bits per heavy atom. The molecule has 0 N–H and O–H groups in total. The summed E-state index contributed by atoms with van der Waals surface area (Å²) in [5.41, 5.74) is -1.25. The Balaban J connectivity index is 0.00000400. The van der Waals surface area contributed by atoms with Crippen LogP contribution < -0.4 is 39.4 Å². The van der Waals surface area contributed by atoms with Crippen LogP contribution in [0.25, 0.3) is 0 Å². The third-order valence-electron chi connectivity index (χ3n) is 2.65. The van der Waals surface area contributed by atoms with E-state index in [1.807, 2.05) is 0 Å². The van der Waals surface area contributed by atoms with E-state index in [-0.39, 0.29) is 29.6 Å². The molecule has 21 heavy (non-hydrogen) atoms. The number of carboxylic acids is 1. The Kier molecular flexibility index (Phi) is 7.21. The summed E-state index contributed by atoms with van der Waals surface area (Å²) in [6, 6.07) is 2.60. The number of carboxylic acid groups (broad SMARTS) is 1. The molecule has 0 amide bonds.